The zero-order valence-corrected chi connectivity index (χ0v) is 18.5. The number of carbonyl (C=O) groups is 4. The second-order valence-electron chi connectivity index (χ2n) is 7.27. The number of anilines is 2. The summed E-state index contributed by atoms with van der Waals surface area (Å²) >= 11 is 0. The van der Waals surface area contributed by atoms with Crippen molar-refractivity contribution in [1.82, 2.24) is 10.6 Å². The van der Waals surface area contributed by atoms with Crippen LogP contribution in [0.2, 0.25) is 0 Å². The molecule has 0 atom stereocenters. The monoisotopic (exact) mass is 438 g/mol. The number of hydrogen-bond acceptors (Lipinski definition) is 4. The molecule has 8 nitrogen and oxygen atoms in total. The fraction of sp³-hybridized carbons (Fsp3) is 0.333. The molecule has 4 N–H and O–H groups in total. The molecule has 4 amide bonds. The summed E-state index contributed by atoms with van der Waals surface area (Å²) in [6.45, 7) is 5.09. The lowest BCUT2D eigenvalue weighted by Crippen LogP contribution is -2.24. The van der Waals surface area contributed by atoms with Crippen molar-refractivity contribution in [1.29, 1.82) is 0 Å². The van der Waals surface area contributed by atoms with Crippen molar-refractivity contribution in [2.75, 3.05) is 23.7 Å². The average molecular weight is 439 g/mol. The smallest absolute Gasteiger partial charge is 0.251 e. The number of nitrogens with one attached hydrogen (secondary N) is 4. The van der Waals surface area contributed by atoms with Crippen LogP contribution in [0.25, 0.3) is 0 Å². The minimum Gasteiger partial charge on any atom is -0.352 e. The zero-order valence-electron chi connectivity index (χ0n) is 18.5. The highest BCUT2D eigenvalue weighted by Gasteiger charge is 2.11. The third-order valence-corrected chi connectivity index (χ3v) is 4.47. The number of hydrogen-bond donors (Lipinski definition) is 4. The van der Waals surface area contributed by atoms with Gasteiger partial charge in [-0.2, -0.15) is 0 Å². The molecule has 170 valence electrons. The zero-order chi connectivity index (χ0) is 23.3. The van der Waals surface area contributed by atoms with Crippen LogP contribution in [0.5, 0.6) is 0 Å². The predicted octanol–water partition coefficient (Wildman–Crippen LogP) is 3.32. The SMILES string of the molecule is CCCNC(=O)c1cccc(NC(=O)CCC(=O)Nc2cccc(C(=O)NCCC)c2)c1. The Hall–Kier alpha value is -3.68. The molecule has 0 radical (unpaired) electrons. The van der Waals surface area contributed by atoms with Crippen LogP contribution in [0.1, 0.15) is 60.2 Å². The normalized spacial score (nSPS) is 10.2. The summed E-state index contributed by atoms with van der Waals surface area (Å²) in [5, 5.41) is 11.0. The van der Waals surface area contributed by atoms with Gasteiger partial charge in [0.1, 0.15) is 0 Å². The van der Waals surface area contributed by atoms with E-state index in [0.29, 0.717) is 35.6 Å². The summed E-state index contributed by atoms with van der Waals surface area (Å²) in [6.07, 6.45) is 1.63. The van der Waals surface area contributed by atoms with E-state index in [-0.39, 0.29) is 36.5 Å². The van der Waals surface area contributed by atoms with Gasteiger partial charge in [0.05, 0.1) is 0 Å². The van der Waals surface area contributed by atoms with E-state index in [1.807, 2.05) is 13.8 Å². The van der Waals surface area contributed by atoms with Gasteiger partial charge in [0.25, 0.3) is 11.8 Å². The van der Waals surface area contributed by atoms with E-state index in [0.717, 1.165) is 12.8 Å². The largest absolute Gasteiger partial charge is 0.352 e. The van der Waals surface area contributed by atoms with Crippen molar-refractivity contribution in [3.05, 3.63) is 59.7 Å². The van der Waals surface area contributed by atoms with Gasteiger partial charge in [-0.15, -0.1) is 0 Å². The number of amides is 4. The molecule has 0 bridgehead atoms. The molecule has 2 aromatic carbocycles. The van der Waals surface area contributed by atoms with Gasteiger partial charge in [-0.1, -0.05) is 26.0 Å². The third kappa shape index (κ3) is 8.22. The lowest BCUT2D eigenvalue weighted by molar-refractivity contribution is -0.121. The van der Waals surface area contributed by atoms with Crippen molar-refractivity contribution >= 4 is 35.0 Å². The van der Waals surface area contributed by atoms with Crippen molar-refractivity contribution in [2.45, 2.75) is 39.5 Å². The Morgan fingerprint density at radius 2 is 1.06 bits per heavy atom. The second kappa shape index (κ2) is 12.9. The number of carbonyl (C=O) groups excluding carboxylic acids is 4. The first kappa shape index (κ1) is 24.6. The Bertz CT molecular complexity index is 881. The molecule has 0 aliphatic heterocycles. The Balaban J connectivity index is 1.84. The van der Waals surface area contributed by atoms with Gasteiger partial charge in [-0.3, -0.25) is 19.2 Å². The number of benzene rings is 2. The van der Waals surface area contributed by atoms with Gasteiger partial charge in [0.15, 0.2) is 0 Å². The van der Waals surface area contributed by atoms with Gasteiger partial charge in [-0.25, -0.2) is 0 Å². The van der Waals surface area contributed by atoms with E-state index >= 15 is 0 Å². The lowest BCUT2D eigenvalue weighted by atomic mass is 10.1. The molecular formula is C24H30N4O4. The molecule has 0 saturated carbocycles. The fourth-order valence-electron chi connectivity index (χ4n) is 2.83. The highest BCUT2D eigenvalue weighted by atomic mass is 16.2. The Kier molecular flexibility index (Phi) is 9.90. The molecule has 0 spiro atoms. The van der Waals surface area contributed by atoms with E-state index in [1.165, 1.54) is 0 Å². The molecule has 0 fully saturated rings. The van der Waals surface area contributed by atoms with E-state index < -0.39 is 0 Å². The molecule has 0 heterocycles. The quantitative estimate of drug-likeness (QED) is 0.431. The van der Waals surface area contributed by atoms with Gasteiger partial charge in [0.2, 0.25) is 11.8 Å². The molecule has 2 rings (SSSR count). The van der Waals surface area contributed by atoms with Gasteiger partial charge >= 0.3 is 0 Å². The molecular weight excluding hydrogens is 408 g/mol. The molecule has 0 aromatic heterocycles. The molecule has 0 unspecified atom stereocenters. The lowest BCUT2D eigenvalue weighted by Gasteiger charge is -2.09. The first-order valence-corrected chi connectivity index (χ1v) is 10.8. The summed E-state index contributed by atoms with van der Waals surface area (Å²) in [5.74, 6) is -1.07. The molecule has 0 aliphatic carbocycles. The van der Waals surface area contributed by atoms with E-state index in [4.69, 9.17) is 0 Å². The van der Waals surface area contributed by atoms with Crippen molar-refractivity contribution in [3.63, 3.8) is 0 Å². The van der Waals surface area contributed by atoms with Crippen LogP contribution >= 0.6 is 0 Å². The predicted molar refractivity (Wildman–Crippen MR) is 125 cm³/mol. The van der Waals surface area contributed by atoms with Crippen LogP contribution in [0.3, 0.4) is 0 Å². The maximum Gasteiger partial charge on any atom is 0.251 e. The van der Waals surface area contributed by atoms with Crippen molar-refractivity contribution in [3.8, 4) is 0 Å². The molecule has 0 aliphatic rings. The first-order chi connectivity index (χ1) is 15.4. The van der Waals surface area contributed by atoms with Crippen LogP contribution in [0.4, 0.5) is 11.4 Å². The molecule has 32 heavy (non-hydrogen) atoms. The Morgan fingerprint density at radius 1 is 0.656 bits per heavy atom. The van der Waals surface area contributed by atoms with Crippen LogP contribution < -0.4 is 21.3 Å². The molecule has 0 saturated heterocycles. The summed E-state index contributed by atoms with van der Waals surface area (Å²) in [6, 6.07) is 13.3. The summed E-state index contributed by atoms with van der Waals surface area (Å²) in [7, 11) is 0. The van der Waals surface area contributed by atoms with Gasteiger partial charge in [-0.05, 0) is 49.2 Å². The standard InChI is InChI=1S/C24H30N4O4/c1-3-13-25-23(31)17-7-5-9-19(15-17)27-21(29)11-12-22(30)28-20-10-6-8-18(16-20)24(32)26-14-4-2/h5-10,15-16H,3-4,11-14H2,1-2H3,(H,25,31)(H,26,32)(H,27,29)(H,28,30). The molecule has 2 aromatic rings. The van der Waals surface area contributed by atoms with Crippen molar-refractivity contribution in [2.24, 2.45) is 0 Å². The minimum absolute atomic E-state index is 0.0191. The Morgan fingerprint density at radius 3 is 1.44 bits per heavy atom. The van der Waals surface area contributed by atoms with E-state index in [2.05, 4.69) is 21.3 Å². The third-order valence-electron chi connectivity index (χ3n) is 4.47. The van der Waals surface area contributed by atoms with Gasteiger partial charge < -0.3 is 21.3 Å². The van der Waals surface area contributed by atoms with Crippen molar-refractivity contribution < 1.29 is 19.2 Å². The first-order valence-electron chi connectivity index (χ1n) is 10.8. The van der Waals surface area contributed by atoms with Crippen LogP contribution in [-0.2, 0) is 9.59 Å². The maximum atomic E-state index is 12.2. The van der Waals surface area contributed by atoms with E-state index in [9.17, 15) is 19.2 Å². The number of rotatable bonds is 11. The summed E-state index contributed by atoms with van der Waals surface area (Å²) in [5.41, 5.74) is 1.89. The fourth-order valence-corrected chi connectivity index (χ4v) is 2.83. The summed E-state index contributed by atoms with van der Waals surface area (Å²) < 4.78 is 0. The Labute approximate surface area is 188 Å². The van der Waals surface area contributed by atoms with Crippen LogP contribution in [0, 0.1) is 0 Å². The highest BCUT2D eigenvalue weighted by molar-refractivity contribution is 6.00. The van der Waals surface area contributed by atoms with Crippen LogP contribution in [-0.4, -0.2) is 36.7 Å². The minimum atomic E-state index is -0.334. The maximum absolute atomic E-state index is 12.2. The average Bonchev–Trinajstić information content (AvgIpc) is 2.80. The van der Waals surface area contributed by atoms with Crippen LogP contribution in [0.15, 0.2) is 48.5 Å². The second-order valence-corrected chi connectivity index (χ2v) is 7.27. The highest BCUT2D eigenvalue weighted by Crippen LogP contribution is 2.13. The summed E-state index contributed by atoms with van der Waals surface area (Å²) in [4.78, 5) is 48.5. The van der Waals surface area contributed by atoms with E-state index in [1.54, 1.807) is 48.5 Å². The van der Waals surface area contributed by atoms with Gasteiger partial charge in [0, 0.05) is 48.4 Å². The molecule has 8 heteroatoms. The topological polar surface area (TPSA) is 116 Å².